The van der Waals surface area contributed by atoms with Gasteiger partial charge in [-0.1, -0.05) is 18.7 Å². The van der Waals surface area contributed by atoms with E-state index in [9.17, 15) is 0 Å². The van der Waals surface area contributed by atoms with E-state index >= 15 is 0 Å². The van der Waals surface area contributed by atoms with Crippen molar-refractivity contribution in [1.82, 2.24) is 14.9 Å². The second-order valence-corrected chi connectivity index (χ2v) is 4.45. The van der Waals surface area contributed by atoms with Crippen LogP contribution in [0.2, 0.25) is 0 Å². The van der Waals surface area contributed by atoms with Crippen LogP contribution in [-0.4, -0.2) is 39.6 Å². The third-order valence-corrected chi connectivity index (χ3v) is 3.31. The molecular formula is C10H19N3OS. The first-order valence-corrected chi connectivity index (χ1v) is 6.20. The lowest BCUT2D eigenvalue weighted by atomic mass is 10.3. The summed E-state index contributed by atoms with van der Waals surface area (Å²) in [7, 11) is 1.97. The smallest absolute Gasteiger partial charge is 0.167 e. The Kier molecular flexibility index (Phi) is 5.75. The van der Waals surface area contributed by atoms with E-state index in [1.54, 1.807) is 18.0 Å². The molecule has 0 spiro atoms. The standard InChI is InChI=1S/C10H19N3OS/c1-3-4-11-9(7-14)8-15-10-12-5-6-13(10)2/h5-6,9,11,14H,3-4,7-8H2,1-2H3. The van der Waals surface area contributed by atoms with Crippen LogP contribution in [0.5, 0.6) is 0 Å². The minimum absolute atomic E-state index is 0.159. The molecule has 0 aliphatic heterocycles. The lowest BCUT2D eigenvalue weighted by Gasteiger charge is -2.14. The van der Waals surface area contributed by atoms with E-state index in [4.69, 9.17) is 5.11 Å². The molecule has 0 radical (unpaired) electrons. The largest absolute Gasteiger partial charge is 0.395 e. The predicted molar refractivity (Wildman–Crippen MR) is 63.1 cm³/mol. The maximum Gasteiger partial charge on any atom is 0.167 e. The van der Waals surface area contributed by atoms with Gasteiger partial charge in [-0.3, -0.25) is 0 Å². The molecule has 0 saturated heterocycles. The molecule has 0 saturated carbocycles. The van der Waals surface area contributed by atoms with Crippen LogP contribution in [0.3, 0.4) is 0 Å². The first kappa shape index (κ1) is 12.5. The Morgan fingerprint density at radius 2 is 2.47 bits per heavy atom. The Hall–Kier alpha value is -0.520. The van der Waals surface area contributed by atoms with E-state index in [-0.39, 0.29) is 12.6 Å². The molecule has 1 heterocycles. The van der Waals surface area contributed by atoms with Crippen molar-refractivity contribution in [2.75, 3.05) is 18.9 Å². The van der Waals surface area contributed by atoms with Crippen LogP contribution >= 0.6 is 11.8 Å². The highest BCUT2D eigenvalue weighted by Gasteiger charge is 2.08. The van der Waals surface area contributed by atoms with Crippen LogP contribution in [0.15, 0.2) is 17.6 Å². The highest BCUT2D eigenvalue weighted by molar-refractivity contribution is 7.99. The highest BCUT2D eigenvalue weighted by Crippen LogP contribution is 2.15. The number of rotatable bonds is 7. The number of thioether (sulfide) groups is 1. The quantitative estimate of drug-likeness (QED) is 0.681. The van der Waals surface area contributed by atoms with Gasteiger partial charge in [0.2, 0.25) is 0 Å². The SMILES string of the molecule is CCCNC(CO)CSc1nccn1C. The molecule has 0 fully saturated rings. The molecule has 1 unspecified atom stereocenters. The van der Waals surface area contributed by atoms with E-state index in [1.165, 1.54) is 0 Å². The fourth-order valence-electron chi connectivity index (χ4n) is 1.19. The van der Waals surface area contributed by atoms with E-state index < -0.39 is 0 Å². The van der Waals surface area contributed by atoms with Crippen molar-refractivity contribution < 1.29 is 5.11 Å². The zero-order valence-corrected chi connectivity index (χ0v) is 10.1. The zero-order chi connectivity index (χ0) is 11.1. The van der Waals surface area contributed by atoms with Crippen molar-refractivity contribution in [2.45, 2.75) is 24.5 Å². The van der Waals surface area contributed by atoms with E-state index in [1.807, 2.05) is 17.8 Å². The topological polar surface area (TPSA) is 50.1 Å². The monoisotopic (exact) mass is 229 g/mol. The number of nitrogens with one attached hydrogen (secondary N) is 1. The Morgan fingerprint density at radius 1 is 1.67 bits per heavy atom. The average molecular weight is 229 g/mol. The van der Waals surface area contributed by atoms with Gasteiger partial charge in [0.05, 0.1) is 6.61 Å². The summed E-state index contributed by atoms with van der Waals surface area (Å²) in [5.74, 6) is 0.849. The van der Waals surface area contributed by atoms with E-state index in [2.05, 4.69) is 17.2 Å². The molecule has 15 heavy (non-hydrogen) atoms. The summed E-state index contributed by atoms with van der Waals surface area (Å²) in [6.45, 7) is 3.25. The van der Waals surface area contributed by atoms with Crippen LogP contribution < -0.4 is 5.32 Å². The number of aliphatic hydroxyl groups excluding tert-OH is 1. The number of nitrogens with zero attached hydrogens (tertiary/aromatic N) is 2. The summed E-state index contributed by atoms with van der Waals surface area (Å²) in [5, 5.41) is 13.4. The lowest BCUT2D eigenvalue weighted by molar-refractivity contribution is 0.254. The van der Waals surface area contributed by atoms with Gasteiger partial charge in [-0.25, -0.2) is 4.98 Å². The van der Waals surface area contributed by atoms with Crippen LogP contribution in [-0.2, 0) is 7.05 Å². The Labute approximate surface area is 95.1 Å². The average Bonchev–Trinajstić information content (AvgIpc) is 2.65. The number of aliphatic hydroxyl groups is 1. The Bertz CT molecular complexity index is 277. The molecule has 0 bridgehead atoms. The van der Waals surface area contributed by atoms with Gasteiger partial charge < -0.3 is 15.0 Å². The molecule has 0 aliphatic rings. The van der Waals surface area contributed by atoms with Gasteiger partial charge in [-0.05, 0) is 13.0 Å². The van der Waals surface area contributed by atoms with Crippen LogP contribution in [0.1, 0.15) is 13.3 Å². The van der Waals surface area contributed by atoms with E-state index in [0.717, 1.165) is 23.9 Å². The molecule has 2 N–H and O–H groups in total. The lowest BCUT2D eigenvalue weighted by Crippen LogP contribution is -2.35. The summed E-state index contributed by atoms with van der Waals surface area (Å²) in [5.41, 5.74) is 0. The summed E-state index contributed by atoms with van der Waals surface area (Å²) >= 11 is 1.67. The Balaban J connectivity index is 2.31. The van der Waals surface area contributed by atoms with Crippen molar-refractivity contribution in [1.29, 1.82) is 0 Å². The minimum atomic E-state index is 0.159. The number of hydrogen-bond donors (Lipinski definition) is 2. The van der Waals surface area contributed by atoms with Crippen molar-refractivity contribution in [3.05, 3.63) is 12.4 Å². The van der Waals surface area contributed by atoms with Crippen molar-refractivity contribution in [2.24, 2.45) is 7.05 Å². The van der Waals surface area contributed by atoms with Gasteiger partial charge in [-0.2, -0.15) is 0 Å². The van der Waals surface area contributed by atoms with E-state index in [0.29, 0.717) is 0 Å². The van der Waals surface area contributed by atoms with Gasteiger partial charge in [0.25, 0.3) is 0 Å². The van der Waals surface area contributed by atoms with Crippen LogP contribution in [0, 0.1) is 0 Å². The van der Waals surface area contributed by atoms with Gasteiger partial charge in [0, 0.05) is 31.2 Å². The van der Waals surface area contributed by atoms with Crippen LogP contribution in [0.4, 0.5) is 0 Å². The van der Waals surface area contributed by atoms with Crippen molar-refractivity contribution >= 4 is 11.8 Å². The summed E-state index contributed by atoms with van der Waals surface area (Å²) in [6.07, 6.45) is 4.80. The van der Waals surface area contributed by atoms with Gasteiger partial charge in [-0.15, -0.1) is 0 Å². The number of hydrogen-bond acceptors (Lipinski definition) is 4. The molecular weight excluding hydrogens is 210 g/mol. The second kappa shape index (κ2) is 6.87. The van der Waals surface area contributed by atoms with Gasteiger partial charge in [0.15, 0.2) is 5.16 Å². The minimum Gasteiger partial charge on any atom is -0.395 e. The third kappa shape index (κ3) is 4.24. The van der Waals surface area contributed by atoms with Crippen molar-refractivity contribution in [3.8, 4) is 0 Å². The summed E-state index contributed by atoms with van der Waals surface area (Å²) in [6, 6.07) is 0.159. The Morgan fingerprint density at radius 3 is 3.00 bits per heavy atom. The van der Waals surface area contributed by atoms with Gasteiger partial charge in [0.1, 0.15) is 0 Å². The van der Waals surface area contributed by atoms with Crippen LogP contribution in [0.25, 0.3) is 0 Å². The van der Waals surface area contributed by atoms with Gasteiger partial charge >= 0.3 is 0 Å². The maximum absolute atomic E-state index is 9.15. The molecule has 1 aromatic heterocycles. The molecule has 0 aliphatic carbocycles. The molecule has 1 aromatic rings. The number of imidazole rings is 1. The third-order valence-electron chi connectivity index (χ3n) is 2.09. The predicted octanol–water partition coefficient (Wildman–Crippen LogP) is 0.873. The zero-order valence-electron chi connectivity index (χ0n) is 9.31. The second-order valence-electron chi connectivity index (χ2n) is 3.47. The summed E-state index contributed by atoms with van der Waals surface area (Å²) in [4.78, 5) is 4.22. The molecule has 0 amide bonds. The normalized spacial score (nSPS) is 13.0. The molecule has 1 rings (SSSR count). The van der Waals surface area contributed by atoms with Crippen molar-refractivity contribution in [3.63, 3.8) is 0 Å². The highest BCUT2D eigenvalue weighted by atomic mass is 32.2. The molecule has 1 atom stereocenters. The fraction of sp³-hybridized carbons (Fsp3) is 0.700. The molecule has 86 valence electrons. The molecule has 4 nitrogen and oxygen atoms in total. The number of aryl methyl sites for hydroxylation is 1. The number of aromatic nitrogens is 2. The summed E-state index contributed by atoms with van der Waals surface area (Å²) < 4.78 is 1.99. The fourth-order valence-corrected chi connectivity index (χ4v) is 2.16. The molecule has 0 aromatic carbocycles. The first-order chi connectivity index (χ1) is 7.27. The first-order valence-electron chi connectivity index (χ1n) is 5.22. The molecule has 5 heteroatoms. The maximum atomic E-state index is 9.15.